The Kier molecular flexibility index (Phi) is 3.62. The minimum Gasteiger partial charge on any atom is -0.489 e. The van der Waals surface area contributed by atoms with Gasteiger partial charge in [0.05, 0.1) is 29.2 Å². The predicted octanol–water partition coefficient (Wildman–Crippen LogP) is 2.88. The Balaban J connectivity index is 2.30. The van der Waals surface area contributed by atoms with E-state index < -0.39 is 0 Å². The molecule has 2 heterocycles. The second-order valence-corrected chi connectivity index (χ2v) is 5.58. The lowest BCUT2D eigenvalue weighted by Crippen LogP contribution is -2.09. The summed E-state index contributed by atoms with van der Waals surface area (Å²) in [6.07, 6.45) is 1.71. The number of nitrogens with two attached hydrogens (primary N) is 1. The lowest BCUT2D eigenvalue weighted by Gasteiger charge is -2.15. The maximum atomic E-state index is 9.23. The number of nitriles is 1. The zero-order chi connectivity index (χ0) is 16.6. The summed E-state index contributed by atoms with van der Waals surface area (Å²) in [5, 5.41) is 9.23. The third-order valence-electron chi connectivity index (χ3n) is 3.50. The second kappa shape index (κ2) is 5.61. The number of para-hydroxylation sites is 1. The van der Waals surface area contributed by atoms with Gasteiger partial charge in [-0.3, -0.25) is 0 Å². The third kappa shape index (κ3) is 2.57. The Bertz CT molecular complexity index is 921. The maximum Gasteiger partial charge on any atom is 0.164 e. The highest BCUT2D eigenvalue weighted by molar-refractivity contribution is 5.93. The molecule has 0 fully saturated rings. The largest absolute Gasteiger partial charge is 0.489 e. The van der Waals surface area contributed by atoms with Crippen LogP contribution in [0.1, 0.15) is 19.5 Å². The summed E-state index contributed by atoms with van der Waals surface area (Å²) in [5.74, 6) is 0.551. The summed E-state index contributed by atoms with van der Waals surface area (Å²) in [6.45, 7) is 3.86. The van der Waals surface area contributed by atoms with Gasteiger partial charge in [-0.25, -0.2) is 9.97 Å². The molecule has 0 aliphatic carbocycles. The Labute approximate surface area is 134 Å². The first-order chi connectivity index (χ1) is 11.0. The van der Waals surface area contributed by atoms with Crippen LogP contribution >= 0.6 is 0 Å². The third-order valence-corrected chi connectivity index (χ3v) is 3.50. The standard InChI is InChI=1S/C17H17N5O/c1-10(2)23-15-7-12(19)13(8-18)21-17(15)11-5-4-6-14-16(11)20-9-22(14)3/h4-7,9-10H,19H2,1-3H3. The molecular weight excluding hydrogens is 290 g/mol. The number of benzene rings is 1. The quantitative estimate of drug-likeness (QED) is 0.803. The average molecular weight is 307 g/mol. The molecule has 1 aromatic carbocycles. The summed E-state index contributed by atoms with van der Waals surface area (Å²) in [5.41, 5.74) is 9.56. The summed E-state index contributed by atoms with van der Waals surface area (Å²) in [6, 6.07) is 9.51. The van der Waals surface area contributed by atoms with Crippen molar-refractivity contribution in [2.45, 2.75) is 20.0 Å². The van der Waals surface area contributed by atoms with Crippen molar-refractivity contribution in [1.29, 1.82) is 5.26 Å². The number of anilines is 1. The number of nitrogens with zero attached hydrogens (tertiary/aromatic N) is 4. The minimum atomic E-state index is -0.0363. The Hall–Kier alpha value is -3.07. The lowest BCUT2D eigenvalue weighted by molar-refractivity contribution is 0.243. The van der Waals surface area contributed by atoms with Gasteiger partial charge in [0.1, 0.15) is 17.5 Å². The number of aryl methyl sites for hydroxylation is 1. The fraction of sp³-hybridized carbons (Fsp3) is 0.235. The fourth-order valence-electron chi connectivity index (χ4n) is 2.48. The zero-order valence-electron chi connectivity index (χ0n) is 13.2. The maximum absolute atomic E-state index is 9.23. The van der Waals surface area contributed by atoms with Crippen molar-refractivity contribution in [1.82, 2.24) is 14.5 Å². The van der Waals surface area contributed by atoms with Crippen molar-refractivity contribution in [3.8, 4) is 23.1 Å². The van der Waals surface area contributed by atoms with Gasteiger partial charge in [-0.05, 0) is 19.9 Å². The van der Waals surface area contributed by atoms with Gasteiger partial charge in [0.25, 0.3) is 0 Å². The summed E-state index contributed by atoms with van der Waals surface area (Å²) < 4.78 is 7.78. The molecule has 2 N–H and O–H groups in total. The molecule has 3 rings (SSSR count). The molecule has 116 valence electrons. The first-order valence-corrected chi connectivity index (χ1v) is 7.29. The van der Waals surface area contributed by atoms with E-state index in [0.717, 1.165) is 16.6 Å². The van der Waals surface area contributed by atoms with E-state index in [1.165, 1.54) is 0 Å². The average Bonchev–Trinajstić information content (AvgIpc) is 2.89. The summed E-state index contributed by atoms with van der Waals surface area (Å²) in [4.78, 5) is 8.86. The highest BCUT2D eigenvalue weighted by Gasteiger charge is 2.17. The molecule has 0 aliphatic rings. The van der Waals surface area contributed by atoms with Crippen molar-refractivity contribution >= 4 is 16.7 Å². The van der Waals surface area contributed by atoms with Gasteiger partial charge < -0.3 is 15.0 Å². The van der Waals surface area contributed by atoms with Crippen LogP contribution in [0.25, 0.3) is 22.3 Å². The molecule has 6 nitrogen and oxygen atoms in total. The molecule has 0 atom stereocenters. The van der Waals surface area contributed by atoms with Gasteiger partial charge in [0, 0.05) is 18.7 Å². The van der Waals surface area contributed by atoms with Crippen molar-refractivity contribution in [2.24, 2.45) is 7.05 Å². The first-order valence-electron chi connectivity index (χ1n) is 7.29. The topological polar surface area (TPSA) is 89.8 Å². The molecule has 2 aromatic heterocycles. The van der Waals surface area contributed by atoms with Crippen molar-refractivity contribution < 1.29 is 4.74 Å². The zero-order valence-corrected chi connectivity index (χ0v) is 13.2. The number of ether oxygens (including phenoxy) is 1. The molecule has 3 aromatic rings. The molecule has 0 unspecified atom stereocenters. The van der Waals surface area contributed by atoms with Gasteiger partial charge in [-0.1, -0.05) is 12.1 Å². The predicted molar refractivity (Wildman–Crippen MR) is 88.8 cm³/mol. The van der Waals surface area contributed by atoms with Crippen LogP contribution in [0, 0.1) is 11.3 Å². The molecular formula is C17H17N5O. The van der Waals surface area contributed by atoms with Gasteiger partial charge in [0.15, 0.2) is 5.69 Å². The van der Waals surface area contributed by atoms with Crippen LogP contribution in [0.2, 0.25) is 0 Å². The lowest BCUT2D eigenvalue weighted by atomic mass is 10.1. The number of aromatic nitrogens is 3. The van der Waals surface area contributed by atoms with E-state index in [2.05, 4.69) is 9.97 Å². The highest BCUT2D eigenvalue weighted by Crippen LogP contribution is 2.35. The van der Waals surface area contributed by atoms with E-state index >= 15 is 0 Å². The molecule has 0 spiro atoms. The van der Waals surface area contributed by atoms with E-state index in [1.807, 2.05) is 49.7 Å². The smallest absolute Gasteiger partial charge is 0.164 e. The molecule has 0 aliphatic heterocycles. The Morgan fingerprint density at radius 3 is 2.83 bits per heavy atom. The fourth-order valence-corrected chi connectivity index (χ4v) is 2.48. The number of hydrogen-bond acceptors (Lipinski definition) is 5. The van der Waals surface area contributed by atoms with Crippen LogP contribution in [0.15, 0.2) is 30.6 Å². The van der Waals surface area contributed by atoms with Gasteiger partial charge >= 0.3 is 0 Å². The molecule has 6 heteroatoms. The molecule has 0 saturated heterocycles. The van der Waals surface area contributed by atoms with Crippen LogP contribution in [-0.4, -0.2) is 20.6 Å². The van der Waals surface area contributed by atoms with Crippen LogP contribution in [-0.2, 0) is 7.05 Å². The Morgan fingerprint density at radius 1 is 1.35 bits per heavy atom. The van der Waals surface area contributed by atoms with Crippen LogP contribution in [0.4, 0.5) is 5.69 Å². The van der Waals surface area contributed by atoms with E-state index in [-0.39, 0.29) is 11.8 Å². The normalized spacial score (nSPS) is 10.9. The highest BCUT2D eigenvalue weighted by atomic mass is 16.5. The Morgan fingerprint density at radius 2 is 2.13 bits per heavy atom. The molecule has 0 amide bonds. The number of imidazole rings is 1. The number of hydrogen-bond donors (Lipinski definition) is 1. The van der Waals surface area contributed by atoms with Crippen molar-refractivity contribution in [3.05, 3.63) is 36.3 Å². The summed E-state index contributed by atoms with van der Waals surface area (Å²) >= 11 is 0. The summed E-state index contributed by atoms with van der Waals surface area (Å²) in [7, 11) is 1.93. The SMILES string of the molecule is CC(C)Oc1cc(N)c(C#N)nc1-c1cccc2c1ncn2C. The van der Waals surface area contributed by atoms with E-state index in [4.69, 9.17) is 10.5 Å². The van der Waals surface area contributed by atoms with Gasteiger partial charge in [-0.15, -0.1) is 0 Å². The number of nitrogen functional groups attached to an aromatic ring is 1. The minimum absolute atomic E-state index is 0.0363. The van der Waals surface area contributed by atoms with Gasteiger partial charge in [0.2, 0.25) is 0 Å². The molecule has 0 bridgehead atoms. The van der Waals surface area contributed by atoms with E-state index in [0.29, 0.717) is 17.1 Å². The number of rotatable bonds is 3. The van der Waals surface area contributed by atoms with Crippen molar-refractivity contribution in [2.75, 3.05) is 5.73 Å². The van der Waals surface area contributed by atoms with Crippen LogP contribution < -0.4 is 10.5 Å². The second-order valence-electron chi connectivity index (χ2n) is 5.58. The monoisotopic (exact) mass is 307 g/mol. The molecule has 23 heavy (non-hydrogen) atoms. The van der Waals surface area contributed by atoms with E-state index in [9.17, 15) is 5.26 Å². The van der Waals surface area contributed by atoms with Crippen LogP contribution in [0.5, 0.6) is 5.75 Å². The molecule has 0 radical (unpaired) electrons. The number of pyridine rings is 1. The van der Waals surface area contributed by atoms with E-state index in [1.54, 1.807) is 12.4 Å². The first kappa shape index (κ1) is 14.9. The van der Waals surface area contributed by atoms with Gasteiger partial charge in [-0.2, -0.15) is 5.26 Å². The number of fused-ring (bicyclic) bond motifs is 1. The molecule has 0 saturated carbocycles. The van der Waals surface area contributed by atoms with Crippen LogP contribution in [0.3, 0.4) is 0 Å². The van der Waals surface area contributed by atoms with Crippen molar-refractivity contribution in [3.63, 3.8) is 0 Å².